The second kappa shape index (κ2) is 5.85. The van der Waals surface area contributed by atoms with Crippen LogP contribution in [0.2, 0.25) is 0 Å². The lowest BCUT2D eigenvalue weighted by Crippen LogP contribution is -2.39. The van der Waals surface area contributed by atoms with Gasteiger partial charge in [0.2, 0.25) is 11.8 Å². The Morgan fingerprint density at radius 2 is 2.27 bits per heavy atom. The second-order valence-corrected chi connectivity index (χ2v) is 6.54. The molecule has 2 fully saturated rings. The first kappa shape index (κ1) is 15.2. The molecule has 0 bridgehead atoms. The molecule has 1 amide bonds. The van der Waals surface area contributed by atoms with E-state index in [1.54, 1.807) is 4.68 Å². The first-order chi connectivity index (χ1) is 10.4. The first-order valence-electron chi connectivity index (χ1n) is 7.82. The SMILES string of the molecule is Cn1cc(N2CCC(NC(=O)CCC3CC(F)(F)C3)C2)cn1. The van der Waals surface area contributed by atoms with Gasteiger partial charge in [-0.15, -0.1) is 0 Å². The summed E-state index contributed by atoms with van der Waals surface area (Å²) in [5.74, 6) is -2.50. The van der Waals surface area contributed by atoms with Gasteiger partial charge in [0.25, 0.3) is 0 Å². The normalized spacial score (nSPS) is 24.3. The van der Waals surface area contributed by atoms with Crippen LogP contribution in [0, 0.1) is 5.92 Å². The molecule has 1 aliphatic heterocycles. The molecule has 1 aromatic rings. The van der Waals surface area contributed by atoms with Crippen LogP contribution in [0.4, 0.5) is 14.5 Å². The summed E-state index contributed by atoms with van der Waals surface area (Å²) in [5.41, 5.74) is 1.07. The van der Waals surface area contributed by atoms with E-state index in [1.165, 1.54) is 0 Å². The highest BCUT2D eigenvalue weighted by Crippen LogP contribution is 2.44. The molecule has 7 heteroatoms. The number of anilines is 1. The van der Waals surface area contributed by atoms with Crippen molar-refractivity contribution in [2.45, 2.75) is 44.1 Å². The molecule has 1 saturated carbocycles. The summed E-state index contributed by atoms with van der Waals surface area (Å²) in [6.07, 6.45) is 5.49. The van der Waals surface area contributed by atoms with Gasteiger partial charge >= 0.3 is 0 Å². The zero-order chi connectivity index (χ0) is 15.7. The Morgan fingerprint density at radius 1 is 1.50 bits per heavy atom. The number of aromatic nitrogens is 2. The average Bonchev–Trinajstić information content (AvgIpc) is 3.02. The molecule has 1 saturated heterocycles. The molecule has 0 radical (unpaired) electrons. The van der Waals surface area contributed by atoms with Gasteiger partial charge in [0.1, 0.15) is 0 Å². The minimum atomic E-state index is -2.49. The van der Waals surface area contributed by atoms with E-state index in [1.807, 2.05) is 19.4 Å². The van der Waals surface area contributed by atoms with Crippen LogP contribution in [-0.4, -0.2) is 40.7 Å². The smallest absolute Gasteiger partial charge is 0.248 e. The monoisotopic (exact) mass is 312 g/mol. The van der Waals surface area contributed by atoms with Crippen LogP contribution < -0.4 is 10.2 Å². The third kappa shape index (κ3) is 3.56. The van der Waals surface area contributed by atoms with E-state index < -0.39 is 5.92 Å². The fraction of sp³-hybridized carbons (Fsp3) is 0.733. The van der Waals surface area contributed by atoms with Crippen molar-refractivity contribution in [2.24, 2.45) is 13.0 Å². The van der Waals surface area contributed by atoms with Crippen LogP contribution in [0.15, 0.2) is 12.4 Å². The zero-order valence-electron chi connectivity index (χ0n) is 12.8. The molecule has 3 rings (SSSR count). The van der Waals surface area contributed by atoms with Crippen LogP contribution >= 0.6 is 0 Å². The third-order valence-electron chi connectivity index (χ3n) is 4.56. The number of rotatable bonds is 5. The maximum atomic E-state index is 12.7. The lowest BCUT2D eigenvalue weighted by atomic mass is 9.78. The number of halogens is 2. The molecule has 5 nitrogen and oxygen atoms in total. The number of carbonyl (C=O) groups is 1. The molecule has 1 N–H and O–H groups in total. The van der Waals surface area contributed by atoms with Crippen molar-refractivity contribution in [3.63, 3.8) is 0 Å². The first-order valence-corrected chi connectivity index (χ1v) is 7.82. The molecule has 1 aliphatic carbocycles. The van der Waals surface area contributed by atoms with Crippen molar-refractivity contribution in [2.75, 3.05) is 18.0 Å². The van der Waals surface area contributed by atoms with Crippen LogP contribution in [0.25, 0.3) is 0 Å². The van der Waals surface area contributed by atoms with E-state index >= 15 is 0 Å². The van der Waals surface area contributed by atoms with E-state index in [0.29, 0.717) is 12.8 Å². The number of aryl methyl sites for hydroxylation is 1. The van der Waals surface area contributed by atoms with Crippen LogP contribution in [0.5, 0.6) is 0 Å². The summed E-state index contributed by atoms with van der Waals surface area (Å²) in [7, 11) is 1.88. The van der Waals surface area contributed by atoms with Crippen LogP contribution in [0.1, 0.15) is 32.1 Å². The number of alkyl halides is 2. The summed E-state index contributed by atoms with van der Waals surface area (Å²) < 4.78 is 27.2. The molecule has 1 unspecified atom stereocenters. The third-order valence-corrected chi connectivity index (χ3v) is 4.56. The van der Waals surface area contributed by atoms with Crippen molar-refractivity contribution in [1.29, 1.82) is 0 Å². The molecular weight excluding hydrogens is 290 g/mol. The molecule has 22 heavy (non-hydrogen) atoms. The maximum absolute atomic E-state index is 12.7. The fourth-order valence-electron chi connectivity index (χ4n) is 3.31. The summed E-state index contributed by atoms with van der Waals surface area (Å²) in [4.78, 5) is 14.1. The Labute approximate surface area is 128 Å². The van der Waals surface area contributed by atoms with Gasteiger partial charge in [-0.25, -0.2) is 8.78 Å². The van der Waals surface area contributed by atoms with Gasteiger partial charge in [0.15, 0.2) is 0 Å². The predicted molar refractivity (Wildman–Crippen MR) is 78.9 cm³/mol. The van der Waals surface area contributed by atoms with E-state index in [0.717, 1.165) is 25.2 Å². The molecule has 1 atom stereocenters. The van der Waals surface area contributed by atoms with Crippen LogP contribution in [-0.2, 0) is 11.8 Å². The zero-order valence-corrected chi connectivity index (χ0v) is 12.8. The van der Waals surface area contributed by atoms with Gasteiger partial charge in [0, 0.05) is 51.6 Å². The molecule has 0 spiro atoms. The standard InChI is InChI=1S/C15H22F2N4O/c1-20-10-13(8-18-20)21-5-4-12(9-21)19-14(22)3-2-11-6-15(16,17)7-11/h8,10-12H,2-7,9H2,1H3,(H,19,22). The highest BCUT2D eigenvalue weighted by atomic mass is 19.3. The minimum Gasteiger partial charge on any atom is -0.367 e. The van der Waals surface area contributed by atoms with E-state index in [4.69, 9.17) is 0 Å². The number of nitrogens with zero attached hydrogens (tertiary/aromatic N) is 3. The molecule has 1 aromatic heterocycles. The van der Waals surface area contributed by atoms with Gasteiger partial charge in [-0.2, -0.15) is 5.10 Å². The molecule has 0 aromatic carbocycles. The number of amides is 1. The Balaban J connectivity index is 1.38. The predicted octanol–water partition coefficient (Wildman–Crippen LogP) is 1.94. The van der Waals surface area contributed by atoms with Gasteiger partial charge in [0.05, 0.1) is 11.9 Å². The van der Waals surface area contributed by atoms with Gasteiger partial charge in [-0.1, -0.05) is 0 Å². The summed E-state index contributed by atoms with van der Waals surface area (Å²) in [6, 6.07) is 0.135. The van der Waals surface area contributed by atoms with Gasteiger partial charge in [-0.3, -0.25) is 9.48 Å². The van der Waals surface area contributed by atoms with Crippen molar-refractivity contribution in [1.82, 2.24) is 15.1 Å². The highest BCUT2D eigenvalue weighted by Gasteiger charge is 2.44. The van der Waals surface area contributed by atoms with E-state index in [9.17, 15) is 13.6 Å². The Hall–Kier alpha value is -1.66. The number of hydrogen-bond donors (Lipinski definition) is 1. The largest absolute Gasteiger partial charge is 0.367 e. The summed E-state index contributed by atoms with van der Waals surface area (Å²) >= 11 is 0. The quantitative estimate of drug-likeness (QED) is 0.904. The minimum absolute atomic E-state index is 0.0104. The topological polar surface area (TPSA) is 50.2 Å². The molecule has 2 aliphatic rings. The molecule has 122 valence electrons. The van der Waals surface area contributed by atoms with E-state index in [2.05, 4.69) is 15.3 Å². The fourth-order valence-corrected chi connectivity index (χ4v) is 3.31. The molecular formula is C15H22F2N4O. The Morgan fingerprint density at radius 3 is 2.91 bits per heavy atom. The van der Waals surface area contributed by atoms with Crippen molar-refractivity contribution in [3.8, 4) is 0 Å². The van der Waals surface area contributed by atoms with E-state index in [-0.39, 0.29) is 30.7 Å². The average molecular weight is 312 g/mol. The molecule has 2 heterocycles. The van der Waals surface area contributed by atoms with Gasteiger partial charge < -0.3 is 10.2 Å². The Kier molecular flexibility index (Phi) is 4.06. The Bertz CT molecular complexity index is 537. The summed E-state index contributed by atoms with van der Waals surface area (Å²) in [5, 5.41) is 7.16. The summed E-state index contributed by atoms with van der Waals surface area (Å²) in [6.45, 7) is 1.67. The van der Waals surface area contributed by atoms with Gasteiger partial charge in [-0.05, 0) is 18.8 Å². The van der Waals surface area contributed by atoms with Crippen molar-refractivity contribution in [3.05, 3.63) is 12.4 Å². The van der Waals surface area contributed by atoms with Crippen LogP contribution in [0.3, 0.4) is 0 Å². The number of nitrogens with one attached hydrogen (secondary N) is 1. The number of carbonyl (C=O) groups excluding carboxylic acids is 1. The van der Waals surface area contributed by atoms with Crippen molar-refractivity contribution >= 4 is 11.6 Å². The maximum Gasteiger partial charge on any atom is 0.248 e. The second-order valence-electron chi connectivity index (χ2n) is 6.54. The lowest BCUT2D eigenvalue weighted by molar-refractivity contribution is -0.127. The number of hydrogen-bond acceptors (Lipinski definition) is 3. The highest BCUT2D eigenvalue weighted by molar-refractivity contribution is 5.76. The lowest BCUT2D eigenvalue weighted by Gasteiger charge is -2.34. The van der Waals surface area contributed by atoms with Crippen molar-refractivity contribution < 1.29 is 13.6 Å².